The van der Waals surface area contributed by atoms with E-state index < -0.39 is 112 Å². The summed E-state index contributed by atoms with van der Waals surface area (Å²) in [6, 6.07) is -0.407. The molecule has 23 nitrogen and oxygen atoms in total. The maximum Gasteiger partial charge on any atom is 0.364 e. The number of hydrogen-bond donors (Lipinski definition) is 9. The zero-order valence-corrected chi connectivity index (χ0v) is 31.9. The number of phosphoric acid groups is 1. The van der Waals surface area contributed by atoms with Crippen LogP contribution in [0.25, 0.3) is 0 Å². The lowest BCUT2D eigenvalue weighted by atomic mass is 9.88. The molecule has 0 aliphatic carbocycles. The summed E-state index contributed by atoms with van der Waals surface area (Å²) < 4.78 is 44.5. The number of carboxylic acids is 1. The maximum absolute atomic E-state index is 13.0. The number of aliphatic hydroxyl groups is 5. The first-order valence-corrected chi connectivity index (χ1v) is 19.6. The van der Waals surface area contributed by atoms with E-state index in [0.29, 0.717) is 31.3 Å². The van der Waals surface area contributed by atoms with E-state index in [4.69, 9.17) is 33.7 Å². The van der Waals surface area contributed by atoms with Crippen molar-refractivity contribution in [1.29, 1.82) is 0 Å². The number of ketones is 1. The van der Waals surface area contributed by atoms with Crippen molar-refractivity contribution in [3.8, 4) is 0 Å². The van der Waals surface area contributed by atoms with Crippen molar-refractivity contribution >= 4 is 43.1 Å². The Bertz CT molecular complexity index is 1540. The minimum absolute atomic E-state index is 0.148. The van der Waals surface area contributed by atoms with E-state index in [0.717, 1.165) is 17.7 Å². The molecule has 3 heterocycles. The average molecular weight is 831 g/mol. The third kappa shape index (κ3) is 13.2. The molecule has 0 saturated carbocycles. The Labute approximate surface area is 319 Å². The number of aliphatic hydroxyl groups excluding tert-OH is 5. The van der Waals surface area contributed by atoms with Gasteiger partial charge in [0.1, 0.15) is 42.1 Å². The topological polar surface area (TPSA) is 353 Å². The minimum Gasteiger partial charge on any atom is -0.756 e. The predicted molar refractivity (Wildman–Crippen MR) is 186 cm³/mol. The van der Waals surface area contributed by atoms with Gasteiger partial charge >= 0.3 is 11.7 Å². The van der Waals surface area contributed by atoms with Crippen molar-refractivity contribution in [1.82, 2.24) is 20.2 Å². The number of thioether (sulfide) groups is 1. The number of ether oxygens (including phenoxy) is 4. The van der Waals surface area contributed by atoms with Gasteiger partial charge in [-0.2, -0.15) is 16.7 Å². The fourth-order valence-electron chi connectivity index (χ4n) is 5.55. The molecule has 8 unspecified atom stereocenters. The molecule has 10 N–H and O–H groups in total. The van der Waals surface area contributed by atoms with Crippen LogP contribution < -0.4 is 27.0 Å². The van der Waals surface area contributed by atoms with Crippen LogP contribution in [0.3, 0.4) is 0 Å². The fraction of sp³-hybridized carbons (Fsp3) is 0.767. The van der Waals surface area contributed by atoms with Crippen LogP contribution in [0.2, 0.25) is 0 Å². The quantitative estimate of drug-likeness (QED) is 0.0369. The van der Waals surface area contributed by atoms with Crippen LogP contribution in [0.4, 0.5) is 5.82 Å². The summed E-state index contributed by atoms with van der Waals surface area (Å²) in [5, 5.41) is 68.8. The summed E-state index contributed by atoms with van der Waals surface area (Å²) in [7, 11) is -4.27. The third-order valence-corrected chi connectivity index (χ3v) is 10.7. The van der Waals surface area contributed by atoms with Crippen LogP contribution in [-0.2, 0) is 46.9 Å². The second-order valence-electron chi connectivity index (χ2n) is 12.8. The molecular weight excluding hydrogens is 781 g/mol. The van der Waals surface area contributed by atoms with Crippen LogP contribution in [0.5, 0.6) is 0 Å². The van der Waals surface area contributed by atoms with Gasteiger partial charge in [0.15, 0.2) is 6.23 Å². The summed E-state index contributed by atoms with van der Waals surface area (Å²) >= 11 is 1.50. The molecule has 1 aromatic rings. The zero-order chi connectivity index (χ0) is 41.1. The number of Topliss-reactive ketones (excluding diaryl/α,β-unsaturated/α-hetero) is 1. The molecule has 0 aromatic carbocycles. The van der Waals surface area contributed by atoms with E-state index in [-0.39, 0.29) is 18.1 Å². The summed E-state index contributed by atoms with van der Waals surface area (Å²) in [5.74, 6) is -5.84. The van der Waals surface area contributed by atoms with Crippen molar-refractivity contribution in [3.05, 3.63) is 22.7 Å². The van der Waals surface area contributed by atoms with Crippen LogP contribution in [0.1, 0.15) is 26.5 Å². The van der Waals surface area contributed by atoms with Gasteiger partial charge in [0, 0.05) is 50.6 Å². The Morgan fingerprint density at radius 1 is 1.22 bits per heavy atom. The van der Waals surface area contributed by atoms with E-state index in [9.17, 15) is 59.3 Å². The molecule has 12 atom stereocenters. The number of nitrogen functional groups attached to an aromatic ring is 1. The molecule has 1 amide bonds. The lowest BCUT2D eigenvalue weighted by Gasteiger charge is -2.47. The molecule has 0 radical (unpaired) electrons. The van der Waals surface area contributed by atoms with Crippen molar-refractivity contribution in [2.45, 2.75) is 81.1 Å². The zero-order valence-electron chi connectivity index (χ0n) is 30.2. The molecule has 0 spiro atoms. The van der Waals surface area contributed by atoms with E-state index in [1.54, 1.807) is 14.0 Å². The number of phosphoric ester groups is 1. The highest BCUT2D eigenvalue weighted by molar-refractivity contribution is 7.99. The highest BCUT2D eigenvalue weighted by Gasteiger charge is 2.57. The molecule has 2 fully saturated rings. The molecule has 314 valence electrons. The highest BCUT2D eigenvalue weighted by Crippen LogP contribution is 2.48. The SMILES string of the molecule is COCCOCCSCC(C)C(=O)CNCC(O)C(O)C1OC(OP(=O)([O-])OC[C@H]2O[C@@H](n3ccc(N)nc3=O)[C@H](O)[C@@H]2O)(C(=O)O)CC(O)C1NC(C)=O. The number of aromatic nitrogens is 2. The lowest BCUT2D eigenvalue weighted by molar-refractivity contribution is -0.313. The number of hydrogen-bond acceptors (Lipinski definition) is 21. The largest absolute Gasteiger partial charge is 0.756 e. The number of nitrogens with zero attached hydrogens (tertiary/aromatic N) is 2. The van der Waals surface area contributed by atoms with Crippen molar-refractivity contribution in [2.75, 3.05) is 63.9 Å². The van der Waals surface area contributed by atoms with Crippen molar-refractivity contribution in [2.24, 2.45) is 5.92 Å². The number of carbonyl (C=O) groups is 3. The number of rotatable bonds is 23. The standard InChI is InChI=1S/C30H50N5O18PS/c1-15(14-55-9-8-49-7-6-48-3)18(38)11-32-12-19(39)23(40)26-22(33-16(2)36)17(37)10-30(52-26,28(43)44)53-54(46,47)50-13-20-24(41)25(42)27(51-20)35-5-4-21(31)34-29(35)45/h4-5,15,17,19-20,22-27,32,37,39-42H,6-14H2,1-3H3,(H,33,36)(H,43,44)(H,46,47)(H2,31,34,45)/p-1/t15?,17?,19?,20-,22?,23?,24-,25-,26?,27-,30?/m1/s1. The molecule has 1 aromatic heterocycles. The van der Waals surface area contributed by atoms with E-state index in [1.165, 1.54) is 17.8 Å². The number of carbonyl (C=O) groups excluding carboxylic acids is 2. The van der Waals surface area contributed by atoms with Gasteiger partial charge in [0.25, 0.3) is 13.6 Å². The Kier molecular flexibility index (Phi) is 18.0. The number of amides is 1. The van der Waals surface area contributed by atoms with E-state index in [1.807, 2.05) is 0 Å². The Morgan fingerprint density at radius 3 is 2.56 bits per heavy atom. The second-order valence-corrected chi connectivity index (χ2v) is 15.3. The molecule has 2 aliphatic rings. The summed E-state index contributed by atoms with van der Waals surface area (Å²) in [5.41, 5.74) is 4.49. The number of nitrogens with one attached hydrogen (secondary N) is 2. The van der Waals surface area contributed by atoms with Crippen LogP contribution in [0.15, 0.2) is 17.1 Å². The van der Waals surface area contributed by atoms with Gasteiger partial charge in [0.05, 0.1) is 51.2 Å². The van der Waals surface area contributed by atoms with E-state index >= 15 is 0 Å². The van der Waals surface area contributed by atoms with Crippen molar-refractivity contribution in [3.63, 3.8) is 0 Å². The van der Waals surface area contributed by atoms with Crippen LogP contribution >= 0.6 is 19.6 Å². The average Bonchev–Trinajstić information content (AvgIpc) is 3.39. The number of aliphatic carboxylic acids is 1. The normalized spacial score (nSPS) is 29.6. The Morgan fingerprint density at radius 2 is 1.93 bits per heavy atom. The molecule has 25 heteroatoms. The molecule has 3 rings (SSSR count). The fourth-order valence-corrected chi connectivity index (χ4v) is 7.43. The number of methoxy groups -OCH3 is 1. The summed E-state index contributed by atoms with van der Waals surface area (Å²) in [4.78, 5) is 65.8. The summed E-state index contributed by atoms with van der Waals surface area (Å²) in [6.45, 7) is 2.34. The van der Waals surface area contributed by atoms with Gasteiger partial charge in [-0.15, -0.1) is 0 Å². The van der Waals surface area contributed by atoms with Gasteiger partial charge in [-0.1, -0.05) is 6.92 Å². The monoisotopic (exact) mass is 830 g/mol. The second kappa shape index (κ2) is 21.2. The first kappa shape index (κ1) is 46.7. The van der Waals surface area contributed by atoms with Gasteiger partial charge in [-0.25, -0.2) is 9.59 Å². The maximum atomic E-state index is 13.0. The Balaban J connectivity index is 1.65. The number of anilines is 1. The van der Waals surface area contributed by atoms with Gasteiger partial charge in [-0.05, 0) is 6.07 Å². The molecule has 2 saturated heterocycles. The van der Waals surface area contributed by atoms with Gasteiger partial charge in [-0.3, -0.25) is 23.2 Å². The minimum atomic E-state index is -5.83. The van der Waals surface area contributed by atoms with Gasteiger partial charge < -0.3 is 75.4 Å². The molecule has 2 aliphatic heterocycles. The number of carboxylic acid groups (broad SMARTS) is 1. The molecule has 0 bridgehead atoms. The third-order valence-electron chi connectivity index (χ3n) is 8.49. The molecule has 55 heavy (non-hydrogen) atoms. The summed E-state index contributed by atoms with van der Waals surface area (Å²) in [6.07, 6.45) is -14.8. The first-order chi connectivity index (χ1) is 25.8. The highest BCUT2D eigenvalue weighted by atomic mass is 32.2. The smallest absolute Gasteiger partial charge is 0.364 e. The van der Waals surface area contributed by atoms with Crippen LogP contribution in [0, 0.1) is 5.92 Å². The Hall–Kier alpha value is -2.65. The van der Waals surface area contributed by atoms with Gasteiger partial charge in [0.2, 0.25) is 5.91 Å². The number of nitrogens with two attached hydrogens (primary N) is 1. The molecular formula is C30H49N5O18PS-. The van der Waals surface area contributed by atoms with E-state index in [2.05, 4.69) is 15.6 Å². The lowest BCUT2D eigenvalue weighted by Crippen LogP contribution is -2.68. The van der Waals surface area contributed by atoms with Crippen molar-refractivity contribution < 1.29 is 82.5 Å². The van der Waals surface area contributed by atoms with Crippen LogP contribution in [-0.4, -0.2) is 171 Å². The predicted octanol–water partition coefficient (Wildman–Crippen LogP) is -4.71. The first-order valence-electron chi connectivity index (χ1n) is 17.0.